The van der Waals surface area contributed by atoms with E-state index in [4.69, 9.17) is 9.26 Å². The monoisotopic (exact) mass is 385 g/mol. The Bertz CT molecular complexity index is 958. The van der Waals surface area contributed by atoms with Crippen LogP contribution in [0.25, 0.3) is 0 Å². The van der Waals surface area contributed by atoms with Gasteiger partial charge >= 0.3 is 5.97 Å². The molecule has 1 N–H and O–H groups in total. The SMILES string of the molecule is Cc1ccccc1NC(=O)Cc1nc(COC(=O)c2c(C)noc2C)cs1. The number of aromatic nitrogens is 2. The number of thiazole rings is 1. The molecule has 8 heteroatoms. The van der Waals surface area contributed by atoms with Gasteiger partial charge in [-0.25, -0.2) is 9.78 Å². The minimum atomic E-state index is -0.502. The maximum Gasteiger partial charge on any atom is 0.344 e. The maximum absolute atomic E-state index is 12.2. The number of carbonyl (C=O) groups excluding carboxylic acids is 2. The highest BCUT2D eigenvalue weighted by Crippen LogP contribution is 2.17. The standard InChI is InChI=1S/C19H19N3O4S/c1-11-6-4-5-7-15(11)21-16(23)8-17-20-14(10-27-17)9-25-19(24)18-12(2)22-26-13(18)3/h4-7,10H,8-9H2,1-3H3,(H,21,23). The number of aryl methyl sites for hydroxylation is 3. The Hall–Kier alpha value is -3.00. The van der Waals surface area contributed by atoms with Crippen LogP contribution < -0.4 is 5.32 Å². The molecule has 0 unspecified atom stereocenters. The summed E-state index contributed by atoms with van der Waals surface area (Å²) in [6, 6.07) is 7.58. The summed E-state index contributed by atoms with van der Waals surface area (Å²) < 4.78 is 10.2. The molecule has 27 heavy (non-hydrogen) atoms. The second kappa shape index (κ2) is 8.13. The highest BCUT2D eigenvalue weighted by atomic mass is 32.1. The first-order chi connectivity index (χ1) is 12.9. The van der Waals surface area contributed by atoms with E-state index < -0.39 is 5.97 Å². The van der Waals surface area contributed by atoms with E-state index in [1.54, 1.807) is 19.2 Å². The first-order valence-electron chi connectivity index (χ1n) is 8.33. The Morgan fingerprint density at radius 1 is 1.22 bits per heavy atom. The maximum atomic E-state index is 12.2. The number of nitrogens with one attached hydrogen (secondary N) is 1. The van der Waals surface area contributed by atoms with Gasteiger partial charge in [-0.3, -0.25) is 4.79 Å². The summed E-state index contributed by atoms with van der Waals surface area (Å²) in [5.41, 5.74) is 3.20. The Labute approximate surface area is 160 Å². The lowest BCUT2D eigenvalue weighted by Gasteiger charge is -2.06. The van der Waals surface area contributed by atoms with Crippen LogP contribution in [0.4, 0.5) is 5.69 Å². The van der Waals surface area contributed by atoms with Crippen LogP contribution in [0.15, 0.2) is 34.2 Å². The third-order valence-corrected chi connectivity index (χ3v) is 4.82. The fraction of sp³-hybridized carbons (Fsp3) is 0.263. The summed E-state index contributed by atoms with van der Waals surface area (Å²) in [5.74, 6) is -0.222. The molecule has 0 spiro atoms. The van der Waals surface area contributed by atoms with Crippen LogP contribution in [-0.4, -0.2) is 22.0 Å². The lowest BCUT2D eigenvalue weighted by atomic mass is 10.2. The molecular weight excluding hydrogens is 366 g/mol. The van der Waals surface area contributed by atoms with Crippen molar-refractivity contribution in [2.45, 2.75) is 33.8 Å². The summed E-state index contributed by atoms with van der Waals surface area (Å²) in [7, 11) is 0. The van der Waals surface area contributed by atoms with Crippen molar-refractivity contribution >= 4 is 28.9 Å². The zero-order valence-electron chi connectivity index (χ0n) is 15.2. The molecule has 0 aliphatic rings. The summed E-state index contributed by atoms with van der Waals surface area (Å²) in [4.78, 5) is 28.7. The molecule has 0 saturated heterocycles. The van der Waals surface area contributed by atoms with Crippen molar-refractivity contribution in [3.05, 3.63) is 62.9 Å². The van der Waals surface area contributed by atoms with Gasteiger partial charge in [0.1, 0.15) is 22.9 Å². The molecule has 7 nitrogen and oxygen atoms in total. The number of para-hydroxylation sites is 1. The van der Waals surface area contributed by atoms with Gasteiger partial charge in [0.05, 0.1) is 17.8 Å². The van der Waals surface area contributed by atoms with E-state index in [2.05, 4.69) is 15.5 Å². The molecule has 2 aromatic heterocycles. The smallest absolute Gasteiger partial charge is 0.344 e. The number of hydrogen-bond acceptors (Lipinski definition) is 7. The van der Waals surface area contributed by atoms with Crippen molar-refractivity contribution < 1.29 is 18.8 Å². The molecule has 0 fully saturated rings. The van der Waals surface area contributed by atoms with E-state index in [0.29, 0.717) is 27.7 Å². The average Bonchev–Trinajstić information content (AvgIpc) is 3.21. The van der Waals surface area contributed by atoms with E-state index in [1.165, 1.54) is 11.3 Å². The van der Waals surface area contributed by atoms with Gasteiger partial charge in [0, 0.05) is 11.1 Å². The summed E-state index contributed by atoms with van der Waals surface area (Å²) >= 11 is 1.35. The third kappa shape index (κ3) is 4.59. The van der Waals surface area contributed by atoms with Crippen LogP contribution in [0.3, 0.4) is 0 Å². The van der Waals surface area contributed by atoms with Gasteiger partial charge in [-0.2, -0.15) is 0 Å². The van der Waals surface area contributed by atoms with Crippen molar-refractivity contribution in [2.24, 2.45) is 0 Å². The predicted octanol–water partition coefficient (Wildman–Crippen LogP) is 3.59. The summed E-state index contributed by atoms with van der Waals surface area (Å²) in [5, 5.41) is 9.04. The minimum Gasteiger partial charge on any atom is -0.455 e. The fourth-order valence-corrected chi connectivity index (χ4v) is 3.30. The van der Waals surface area contributed by atoms with Gasteiger partial charge < -0.3 is 14.6 Å². The molecular formula is C19H19N3O4S. The quantitative estimate of drug-likeness (QED) is 0.652. The number of nitrogens with zero attached hydrogens (tertiary/aromatic N) is 2. The van der Waals surface area contributed by atoms with Crippen molar-refractivity contribution in [1.29, 1.82) is 0 Å². The van der Waals surface area contributed by atoms with Gasteiger partial charge in [0.25, 0.3) is 0 Å². The highest BCUT2D eigenvalue weighted by molar-refractivity contribution is 7.09. The predicted molar refractivity (Wildman–Crippen MR) is 101 cm³/mol. The van der Waals surface area contributed by atoms with Gasteiger partial charge in [0.2, 0.25) is 5.91 Å². The molecule has 3 rings (SSSR count). The fourth-order valence-electron chi connectivity index (χ4n) is 2.53. The molecule has 3 aromatic rings. The first kappa shape index (κ1) is 18.8. The van der Waals surface area contributed by atoms with E-state index in [9.17, 15) is 9.59 Å². The Kier molecular flexibility index (Phi) is 5.66. The first-order valence-corrected chi connectivity index (χ1v) is 9.20. The number of amides is 1. The van der Waals surface area contributed by atoms with E-state index >= 15 is 0 Å². The Morgan fingerprint density at radius 2 is 2.00 bits per heavy atom. The number of carbonyl (C=O) groups is 2. The molecule has 2 heterocycles. The molecule has 0 saturated carbocycles. The van der Waals surface area contributed by atoms with Crippen molar-refractivity contribution in [1.82, 2.24) is 10.1 Å². The third-order valence-electron chi connectivity index (χ3n) is 3.92. The number of benzene rings is 1. The molecule has 0 bridgehead atoms. The zero-order valence-corrected chi connectivity index (χ0v) is 16.1. The summed E-state index contributed by atoms with van der Waals surface area (Å²) in [6.07, 6.45) is 0.164. The molecule has 0 aliphatic carbocycles. The minimum absolute atomic E-state index is 0.0266. The summed E-state index contributed by atoms with van der Waals surface area (Å²) in [6.45, 7) is 5.30. The van der Waals surface area contributed by atoms with Crippen LogP contribution in [-0.2, 0) is 22.6 Å². The second-order valence-electron chi connectivity index (χ2n) is 6.05. The molecule has 0 radical (unpaired) electrons. The molecule has 140 valence electrons. The van der Waals surface area contributed by atoms with Gasteiger partial charge in [0.15, 0.2) is 0 Å². The second-order valence-corrected chi connectivity index (χ2v) is 6.99. The van der Waals surface area contributed by atoms with Crippen LogP contribution in [0, 0.1) is 20.8 Å². The van der Waals surface area contributed by atoms with Crippen molar-refractivity contribution in [2.75, 3.05) is 5.32 Å². The number of esters is 1. The number of rotatable bonds is 6. The number of ether oxygens (including phenoxy) is 1. The lowest BCUT2D eigenvalue weighted by Crippen LogP contribution is -2.15. The van der Waals surface area contributed by atoms with Gasteiger partial charge in [-0.1, -0.05) is 23.4 Å². The highest BCUT2D eigenvalue weighted by Gasteiger charge is 2.19. The number of anilines is 1. The normalized spacial score (nSPS) is 10.6. The molecule has 0 atom stereocenters. The molecule has 0 aliphatic heterocycles. The van der Waals surface area contributed by atoms with Crippen LogP contribution in [0.5, 0.6) is 0 Å². The zero-order chi connectivity index (χ0) is 19.4. The lowest BCUT2D eigenvalue weighted by molar-refractivity contribution is -0.115. The Morgan fingerprint density at radius 3 is 2.70 bits per heavy atom. The topological polar surface area (TPSA) is 94.3 Å². The van der Waals surface area contributed by atoms with Gasteiger partial charge in [-0.15, -0.1) is 11.3 Å². The van der Waals surface area contributed by atoms with Crippen LogP contribution in [0.2, 0.25) is 0 Å². The van der Waals surface area contributed by atoms with Crippen LogP contribution in [0.1, 0.15) is 38.1 Å². The average molecular weight is 385 g/mol. The number of hydrogen-bond donors (Lipinski definition) is 1. The van der Waals surface area contributed by atoms with Gasteiger partial charge in [-0.05, 0) is 32.4 Å². The van der Waals surface area contributed by atoms with Crippen molar-refractivity contribution in [3.63, 3.8) is 0 Å². The van der Waals surface area contributed by atoms with E-state index in [0.717, 1.165) is 11.3 Å². The van der Waals surface area contributed by atoms with E-state index in [-0.39, 0.29) is 18.9 Å². The molecule has 1 amide bonds. The van der Waals surface area contributed by atoms with E-state index in [1.807, 2.05) is 31.2 Å². The molecule has 1 aromatic carbocycles. The Balaban J connectivity index is 1.55. The van der Waals surface area contributed by atoms with Crippen molar-refractivity contribution in [3.8, 4) is 0 Å². The largest absolute Gasteiger partial charge is 0.455 e. The van der Waals surface area contributed by atoms with Crippen LogP contribution >= 0.6 is 11.3 Å².